The van der Waals surface area contributed by atoms with Crippen LogP contribution in [0.3, 0.4) is 0 Å². The third kappa shape index (κ3) is 4.77. The second kappa shape index (κ2) is 8.82. The Morgan fingerprint density at radius 1 is 1.21 bits per heavy atom. The van der Waals surface area contributed by atoms with Gasteiger partial charge >= 0.3 is 0 Å². The van der Waals surface area contributed by atoms with E-state index in [0.29, 0.717) is 10.7 Å². The second-order valence-corrected chi connectivity index (χ2v) is 7.94. The summed E-state index contributed by atoms with van der Waals surface area (Å²) < 4.78 is 0. The first-order valence-electron chi connectivity index (χ1n) is 9.44. The lowest BCUT2D eigenvalue weighted by molar-refractivity contribution is -0.111. The van der Waals surface area contributed by atoms with E-state index in [1.165, 1.54) is 27.9 Å². The summed E-state index contributed by atoms with van der Waals surface area (Å²) >= 11 is 1.54. The Balaban J connectivity index is 1.38. The van der Waals surface area contributed by atoms with Crippen LogP contribution in [0.15, 0.2) is 60.7 Å². The third-order valence-corrected chi connectivity index (χ3v) is 5.78. The van der Waals surface area contributed by atoms with Crippen LogP contribution < -0.4 is 5.32 Å². The van der Waals surface area contributed by atoms with Gasteiger partial charge in [0.15, 0.2) is 5.13 Å². The summed E-state index contributed by atoms with van der Waals surface area (Å²) in [5, 5.41) is 12.6. The SMILES string of the molecule is N#Cc1ccccc1/C=C/C(=O)Nc1nc2c(s1)CN(Cc1ccccc1)CC2. The van der Waals surface area contributed by atoms with Crippen LogP contribution in [-0.2, 0) is 24.3 Å². The summed E-state index contributed by atoms with van der Waals surface area (Å²) in [6.45, 7) is 2.73. The minimum Gasteiger partial charge on any atom is -0.298 e. The number of thiazole rings is 1. The Kier molecular flexibility index (Phi) is 5.80. The quantitative estimate of drug-likeness (QED) is 0.651. The molecule has 0 fully saturated rings. The number of amides is 1. The van der Waals surface area contributed by atoms with Crippen LogP contribution in [0.4, 0.5) is 5.13 Å². The summed E-state index contributed by atoms with van der Waals surface area (Å²) in [5.74, 6) is -0.245. The second-order valence-electron chi connectivity index (χ2n) is 6.86. The van der Waals surface area contributed by atoms with Gasteiger partial charge in [-0.05, 0) is 23.3 Å². The molecule has 0 atom stereocenters. The number of nitrogens with one attached hydrogen (secondary N) is 1. The molecule has 5 nitrogen and oxygen atoms in total. The van der Waals surface area contributed by atoms with Crippen molar-refractivity contribution < 1.29 is 4.79 Å². The van der Waals surface area contributed by atoms with E-state index >= 15 is 0 Å². The molecule has 0 unspecified atom stereocenters. The first-order chi connectivity index (χ1) is 14.2. The molecule has 0 aliphatic carbocycles. The zero-order chi connectivity index (χ0) is 20.1. The Labute approximate surface area is 173 Å². The van der Waals surface area contributed by atoms with Crippen molar-refractivity contribution in [2.75, 3.05) is 11.9 Å². The standard InChI is InChI=1S/C23H20N4OS/c24-14-19-9-5-4-8-18(19)10-11-22(28)26-23-25-20-12-13-27(16-21(20)29-23)15-17-6-2-1-3-7-17/h1-11H,12-13,15-16H2,(H,25,26,28)/b11-10+. The first-order valence-corrected chi connectivity index (χ1v) is 10.3. The fourth-order valence-electron chi connectivity index (χ4n) is 3.34. The fourth-order valence-corrected chi connectivity index (χ4v) is 4.39. The van der Waals surface area contributed by atoms with Crippen LogP contribution in [0.5, 0.6) is 0 Å². The van der Waals surface area contributed by atoms with Gasteiger partial charge in [0.05, 0.1) is 17.3 Å². The smallest absolute Gasteiger partial charge is 0.250 e. The summed E-state index contributed by atoms with van der Waals surface area (Å²) in [6, 6.07) is 19.8. The van der Waals surface area contributed by atoms with Gasteiger partial charge in [-0.3, -0.25) is 15.0 Å². The number of benzene rings is 2. The van der Waals surface area contributed by atoms with E-state index in [9.17, 15) is 4.79 Å². The summed E-state index contributed by atoms with van der Waals surface area (Å²) in [7, 11) is 0. The number of rotatable bonds is 5. The van der Waals surface area contributed by atoms with Gasteiger partial charge in [-0.25, -0.2) is 4.98 Å². The Morgan fingerprint density at radius 3 is 2.83 bits per heavy atom. The van der Waals surface area contributed by atoms with E-state index in [-0.39, 0.29) is 5.91 Å². The number of hydrogen-bond donors (Lipinski definition) is 1. The molecule has 6 heteroatoms. The molecule has 1 N–H and O–H groups in total. The molecule has 0 bridgehead atoms. The third-order valence-electron chi connectivity index (χ3n) is 4.78. The van der Waals surface area contributed by atoms with Crippen molar-refractivity contribution in [3.63, 3.8) is 0 Å². The van der Waals surface area contributed by atoms with Crippen LogP contribution in [0.1, 0.15) is 27.3 Å². The number of carbonyl (C=O) groups is 1. The largest absolute Gasteiger partial charge is 0.298 e. The minimum absolute atomic E-state index is 0.245. The number of nitriles is 1. The van der Waals surface area contributed by atoms with Gasteiger partial charge in [-0.15, -0.1) is 11.3 Å². The highest BCUT2D eigenvalue weighted by Gasteiger charge is 2.21. The lowest BCUT2D eigenvalue weighted by Crippen LogP contribution is -2.29. The molecule has 29 heavy (non-hydrogen) atoms. The van der Waals surface area contributed by atoms with Gasteiger partial charge < -0.3 is 0 Å². The molecule has 2 heterocycles. The maximum absolute atomic E-state index is 12.3. The molecule has 4 rings (SSSR count). The number of carbonyl (C=O) groups excluding carboxylic acids is 1. The van der Waals surface area contributed by atoms with Crippen molar-refractivity contribution in [2.24, 2.45) is 0 Å². The average Bonchev–Trinajstić information content (AvgIpc) is 3.14. The molecule has 0 radical (unpaired) electrons. The Bertz CT molecular complexity index is 1080. The predicted octanol–water partition coefficient (Wildman–Crippen LogP) is 4.22. The highest BCUT2D eigenvalue weighted by molar-refractivity contribution is 7.15. The van der Waals surface area contributed by atoms with Gasteiger partial charge in [0.1, 0.15) is 0 Å². The van der Waals surface area contributed by atoms with Gasteiger partial charge in [0.25, 0.3) is 0 Å². The van der Waals surface area contributed by atoms with Crippen LogP contribution in [0, 0.1) is 11.3 Å². The molecule has 0 saturated carbocycles. The van der Waals surface area contributed by atoms with Crippen molar-refractivity contribution in [2.45, 2.75) is 19.5 Å². The highest BCUT2D eigenvalue weighted by atomic mass is 32.1. The van der Waals surface area contributed by atoms with Crippen LogP contribution in [-0.4, -0.2) is 22.3 Å². The molecule has 3 aromatic rings. The van der Waals surface area contributed by atoms with Gasteiger partial charge in [-0.2, -0.15) is 5.26 Å². The number of fused-ring (bicyclic) bond motifs is 1. The predicted molar refractivity (Wildman–Crippen MR) is 115 cm³/mol. The van der Waals surface area contributed by atoms with E-state index in [1.54, 1.807) is 18.2 Å². The van der Waals surface area contributed by atoms with E-state index in [0.717, 1.165) is 37.3 Å². The molecule has 1 amide bonds. The maximum Gasteiger partial charge on any atom is 0.250 e. The number of anilines is 1. The van der Waals surface area contributed by atoms with Gasteiger partial charge in [0, 0.05) is 37.0 Å². The van der Waals surface area contributed by atoms with Crippen molar-refractivity contribution in [3.05, 3.63) is 87.9 Å². The zero-order valence-corrected chi connectivity index (χ0v) is 16.7. The van der Waals surface area contributed by atoms with E-state index in [4.69, 9.17) is 5.26 Å². The zero-order valence-electron chi connectivity index (χ0n) is 15.8. The summed E-state index contributed by atoms with van der Waals surface area (Å²) in [4.78, 5) is 20.5. The van der Waals surface area contributed by atoms with E-state index in [1.807, 2.05) is 18.2 Å². The van der Waals surface area contributed by atoms with Crippen molar-refractivity contribution in [1.29, 1.82) is 5.26 Å². The fraction of sp³-hybridized carbons (Fsp3) is 0.174. The molecule has 2 aromatic carbocycles. The lowest BCUT2D eigenvalue weighted by Gasteiger charge is -2.25. The molecule has 1 aliphatic heterocycles. The molecular formula is C23H20N4OS. The minimum atomic E-state index is -0.245. The summed E-state index contributed by atoms with van der Waals surface area (Å²) in [5.41, 5.74) is 3.64. The van der Waals surface area contributed by atoms with Gasteiger partial charge in [0.2, 0.25) is 5.91 Å². The number of nitrogens with zero attached hydrogens (tertiary/aromatic N) is 3. The first kappa shape index (κ1) is 19.1. The molecule has 0 spiro atoms. The molecular weight excluding hydrogens is 380 g/mol. The Morgan fingerprint density at radius 2 is 2.00 bits per heavy atom. The molecule has 1 aliphatic rings. The number of hydrogen-bond acceptors (Lipinski definition) is 5. The normalized spacial score (nSPS) is 13.8. The Hall–Kier alpha value is -3.27. The van der Waals surface area contributed by atoms with Crippen molar-refractivity contribution >= 4 is 28.5 Å². The number of aromatic nitrogens is 1. The maximum atomic E-state index is 12.3. The van der Waals surface area contributed by atoms with Crippen molar-refractivity contribution in [1.82, 2.24) is 9.88 Å². The van der Waals surface area contributed by atoms with Crippen molar-refractivity contribution in [3.8, 4) is 6.07 Å². The van der Waals surface area contributed by atoms with Gasteiger partial charge in [-0.1, -0.05) is 48.5 Å². The summed E-state index contributed by atoms with van der Waals surface area (Å²) in [6.07, 6.45) is 3.99. The van der Waals surface area contributed by atoms with Crippen LogP contribution in [0.25, 0.3) is 6.08 Å². The van der Waals surface area contributed by atoms with Crippen LogP contribution >= 0.6 is 11.3 Å². The molecule has 0 saturated heterocycles. The van der Waals surface area contributed by atoms with E-state index in [2.05, 4.69) is 45.5 Å². The van der Waals surface area contributed by atoms with Crippen LogP contribution in [0.2, 0.25) is 0 Å². The van der Waals surface area contributed by atoms with E-state index < -0.39 is 0 Å². The topological polar surface area (TPSA) is 69.0 Å². The lowest BCUT2D eigenvalue weighted by atomic mass is 10.1. The highest BCUT2D eigenvalue weighted by Crippen LogP contribution is 2.29. The molecule has 144 valence electrons. The monoisotopic (exact) mass is 400 g/mol. The molecule has 1 aromatic heterocycles. The average molecular weight is 401 g/mol.